The van der Waals surface area contributed by atoms with Gasteiger partial charge in [-0.15, -0.1) is 0 Å². The lowest BCUT2D eigenvalue weighted by molar-refractivity contribution is -0.119. The Balaban J connectivity index is 2.63. The fourth-order valence-corrected chi connectivity index (χ4v) is 1.65. The first-order valence-corrected chi connectivity index (χ1v) is 4.26. The lowest BCUT2D eigenvalue weighted by Crippen LogP contribution is -2.50. The molecule has 0 aliphatic carbocycles. The fourth-order valence-electron chi connectivity index (χ4n) is 1.65. The number of carbonyl (C=O) groups excluding carboxylic acids is 1. The first-order valence-electron chi connectivity index (χ1n) is 4.26. The molecule has 1 saturated heterocycles. The molecule has 2 heteroatoms. The molecule has 0 bridgehead atoms. The average Bonchev–Trinajstić information content (AvgIpc) is 1.98. The van der Waals surface area contributed by atoms with Crippen LogP contribution in [0.2, 0.25) is 0 Å². The predicted molar refractivity (Wildman–Crippen MR) is 45.5 cm³/mol. The smallest absolute Gasteiger partial charge is 0.139 e. The highest BCUT2D eigenvalue weighted by atomic mass is 16.1. The first kappa shape index (κ1) is 8.72. The van der Waals surface area contributed by atoms with Gasteiger partial charge in [0.2, 0.25) is 0 Å². The van der Waals surface area contributed by atoms with E-state index in [2.05, 4.69) is 11.8 Å². The van der Waals surface area contributed by atoms with Crippen LogP contribution in [0.4, 0.5) is 0 Å². The van der Waals surface area contributed by atoms with Crippen molar-refractivity contribution in [1.82, 2.24) is 4.90 Å². The topological polar surface area (TPSA) is 20.3 Å². The Kier molecular flexibility index (Phi) is 2.33. The van der Waals surface area contributed by atoms with Crippen molar-refractivity contribution in [3.8, 4) is 0 Å². The Hall–Kier alpha value is -0.370. The van der Waals surface area contributed by atoms with Gasteiger partial charge in [0, 0.05) is 6.54 Å². The van der Waals surface area contributed by atoms with Crippen LogP contribution in [0.1, 0.15) is 26.7 Å². The first-order chi connectivity index (χ1) is 5.08. The second-order valence-electron chi connectivity index (χ2n) is 4.00. The molecule has 1 heterocycles. The molecular formula is C9H17NO. The van der Waals surface area contributed by atoms with Crippen LogP contribution in [0.3, 0.4) is 0 Å². The molecule has 0 N–H and O–H groups in total. The van der Waals surface area contributed by atoms with E-state index in [1.165, 1.54) is 6.42 Å². The summed E-state index contributed by atoms with van der Waals surface area (Å²) in [5.41, 5.74) is -0.188. The number of carbonyl (C=O) groups is 1. The highest BCUT2D eigenvalue weighted by molar-refractivity contribution is 5.63. The molecule has 1 aliphatic heterocycles. The van der Waals surface area contributed by atoms with E-state index in [0.29, 0.717) is 0 Å². The molecule has 1 aliphatic rings. The molecule has 0 aromatic heterocycles. The summed E-state index contributed by atoms with van der Waals surface area (Å²) < 4.78 is 0. The minimum Gasteiger partial charge on any atom is -0.301 e. The van der Waals surface area contributed by atoms with Crippen molar-refractivity contribution in [2.24, 2.45) is 5.92 Å². The molecule has 0 amide bonds. The molecule has 1 rings (SSSR count). The van der Waals surface area contributed by atoms with Crippen LogP contribution in [-0.2, 0) is 4.79 Å². The molecule has 0 saturated carbocycles. The normalized spacial score (nSPS) is 40.5. The quantitative estimate of drug-likeness (QED) is 0.532. The summed E-state index contributed by atoms with van der Waals surface area (Å²) in [7, 11) is 2.03. The van der Waals surface area contributed by atoms with Crippen molar-refractivity contribution in [3.05, 3.63) is 0 Å². The van der Waals surface area contributed by atoms with Gasteiger partial charge >= 0.3 is 0 Å². The van der Waals surface area contributed by atoms with Crippen molar-refractivity contribution in [1.29, 1.82) is 0 Å². The van der Waals surface area contributed by atoms with Crippen LogP contribution < -0.4 is 0 Å². The standard InChI is InChI=1S/C9H17NO/c1-8-4-5-9(2,7-11)10(3)6-8/h7-8H,4-6H2,1-3H3. The highest BCUT2D eigenvalue weighted by Gasteiger charge is 2.33. The zero-order valence-corrected chi connectivity index (χ0v) is 7.63. The minimum absolute atomic E-state index is 0.188. The van der Waals surface area contributed by atoms with Crippen molar-refractivity contribution in [2.45, 2.75) is 32.2 Å². The number of piperidine rings is 1. The molecule has 2 atom stereocenters. The Bertz CT molecular complexity index is 158. The summed E-state index contributed by atoms with van der Waals surface area (Å²) in [4.78, 5) is 12.9. The van der Waals surface area contributed by atoms with Crippen molar-refractivity contribution in [3.63, 3.8) is 0 Å². The van der Waals surface area contributed by atoms with Gasteiger partial charge < -0.3 is 4.79 Å². The van der Waals surface area contributed by atoms with E-state index in [4.69, 9.17) is 0 Å². The fraction of sp³-hybridized carbons (Fsp3) is 0.889. The summed E-state index contributed by atoms with van der Waals surface area (Å²) in [6.07, 6.45) is 3.27. The van der Waals surface area contributed by atoms with Crippen LogP contribution in [0.15, 0.2) is 0 Å². The van der Waals surface area contributed by atoms with Crippen LogP contribution >= 0.6 is 0 Å². The molecular weight excluding hydrogens is 138 g/mol. The molecule has 0 aromatic carbocycles. The van der Waals surface area contributed by atoms with E-state index in [1.54, 1.807) is 0 Å². The maximum absolute atomic E-state index is 10.8. The molecule has 0 radical (unpaired) electrons. The summed E-state index contributed by atoms with van der Waals surface area (Å²) in [5, 5.41) is 0. The molecule has 0 aromatic rings. The number of hydrogen-bond donors (Lipinski definition) is 0. The zero-order valence-electron chi connectivity index (χ0n) is 7.63. The van der Waals surface area contributed by atoms with Crippen LogP contribution in [0.5, 0.6) is 0 Å². The van der Waals surface area contributed by atoms with Crippen molar-refractivity contribution < 1.29 is 4.79 Å². The van der Waals surface area contributed by atoms with Crippen molar-refractivity contribution in [2.75, 3.05) is 13.6 Å². The number of nitrogens with zero attached hydrogens (tertiary/aromatic N) is 1. The van der Waals surface area contributed by atoms with Gasteiger partial charge in [0.1, 0.15) is 6.29 Å². The number of rotatable bonds is 1. The van der Waals surface area contributed by atoms with E-state index in [1.807, 2.05) is 14.0 Å². The van der Waals surface area contributed by atoms with Crippen LogP contribution in [0, 0.1) is 5.92 Å². The van der Waals surface area contributed by atoms with Gasteiger partial charge in [-0.1, -0.05) is 6.92 Å². The maximum Gasteiger partial charge on any atom is 0.139 e. The van der Waals surface area contributed by atoms with Gasteiger partial charge in [0.05, 0.1) is 5.54 Å². The van der Waals surface area contributed by atoms with E-state index >= 15 is 0 Å². The third-order valence-corrected chi connectivity index (χ3v) is 2.85. The number of likely N-dealkylation sites (tertiary alicyclic amines) is 1. The van der Waals surface area contributed by atoms with Gasteiger partial charge in [0.15, 0.2) is 0 Å². The summed E-state index contributed by atoms with van der Waals surface area (Å²) in [6.45, 7) is 5.31. The van der Waals surface area contributed by atoms with E-state index < -0.39 is 0 Å². The Labute approximate surface area is 68.6 Å². The molecule has 0 spiro atoms. The van der Waals surface area contributed by atoms with Gasteiger partial charge in [-0.3, -0.25) is 4.90 Å². The van der Waals surface area contributed by atoms with Gasteiger partial charge in [0.25, 0.3) is 0 Å². The average molecular weight is 155 g/mol. The minimum atomic E-state index is -0.188. The second kappa shape index (κ2) is 2.94. The highest BCUT2D eigenvalue weighted by Crippen LogP contribution is 2.27. The number of hydrogen-bond acceptors (Lipinski definition) is 2. The van der Waals surface area contributed by atoms with Gasteiger partial charge in [-0.05, 0) is 32.7 Å². The van der Waals surface area contributed by atoms with Gasteiger partial charge in [-0.2, -0.15) is 0 Å². The summed E-state index contributed by atoms with van der Waals surface area (Å²) in [5.74, 6) is 0.744. The number of aldehydes is 1. The van der Waals surface area contributed by atoms with E-state index in [9.17, 15) is 4.79 Å². The largest absolute Gasteiger partial charge is 0.301 e. The summed E-state index contributed by atoms with van der Waals surface area (Å²) in [6, 6.07) is 0. The Morgan fingerprint density at radius 2 is 2.27 bits per heavy atom. The monoisotopic (exact) mass is 155 g/mol. The predicted octanol–water partition coefficient (Wildman–Crippen LogP) is 1.31. The second-order valence-corrected chi connectivity index (χ2v) is 4.00. The van der Waals surface area contributed by atoms with E-state index in [0.717, 1.165) is 25.2 Å². The molecule has 64 valence electrons. The van der Waals surface area contributed by atoms with Crippen LogP contribution in [0.25, 0.3) is 0 Å². The Morgan fingerprint density at radius 3 is 2.73 bits per heavy atom. The van der Waals surface area contributed by atoms with E-state index in [-0.39, 0.29) is 5.54 Å². The van der Waals surface area contributed by atoms with Crippen molar-refractivity contribution >= 4 is 6.29 Å². The molecule has 1 fully saturated rings. The SMILES string of the molecule is CC1CCC(C)(C=O)N(C)C1. The maximum atomic E-state index is 10.8. The lowest BCUT2D eigenvalue weighted by Gasteiger charge is -2.41. The third-order valence-electron chi connectivity index (χ3n) is 2.85. The molecule has 11 heavy (non-hydrogen) atoms. The summed E-state index contributed by atoms with van der Waals surface area (Å²) >= 11 is 0. The zero-order chi connectivity index (χ0) is 8.48. The van der Waals surface area contributed by atoms with Gasteiger partial charge in [-0.25, -0.2) is 0 Å². The third kappa shape index (κ3) is 1.62. The molecule has 2 unspecified atom stereocenters. The molecule has 2 nitrogen and oxygen atoms in total. The number of likely N-dealkylation sites (N-methyl/N-ethyl adjacent to an activating group) is 1. The lowest BCUT2D eigenvalue weighted by atomic mass is 9.86. The van der Waals surface area contributed by atoms with Crippen LogP contribution in [-0.4, -0.2) is 30.3 Å². The Morgan fingerprint density at radius 1 is 1.64 bits per heavy atom.